The third-order valence-electron chi connectivity index (χ3n) is 5.48. The predicted molar refractivity (Wildman–Crippen MR) is 110 cm³/mol. The number of ketones is 1. The fourth-order valence-electron chi connectivity index (χ4n) is 3.50. The van der Waals surface area contributed by atoms with Crippen LogP contribution in [0.3, 0.4) is 0 Å². The Bertz CT molecular complexity index is 769. The van der Waals surface area contributed by atoms with Gasteiger partial charge in [-0.15, -0.1) is 0 Å². The van der Waals surface area contributed by atoms with Gasteiger partial charge < -0.3 is 9.47 Å². The molecule has 29 heavy (non-hydrogen) atoms. The van der Waals surface area contributed by atoms with E-state index in [0.29, 0.717) is 23.4 Å². The Morgan fingerprint density at radius 2 is 1.76 bits per heavy atom. The Labute approximate surface area is 176 Å². The van der Waals surface area contributed by atoms with E-state index in [1.165, 1.54) is 18.9 Å². The van der Waals surface area contributed by atoms with Crippen LogP contribution in [0.1, 0.15) is 45.1 Å². The summed E-state index contributed by atoms with van der Waals surface area (Å²) in [4.78, 5) is 41.0. The average Bonchev–Trinajstić information content (AvgIpc) is 2.67. The van der Waals surface area contributed by atoms with E-state index in [2.05, 4.69) is 0 Å². The first-order valence-corrected chi connectivity index (χ1v) is 10.1. The molecule has 0 aliphatic heterocycles. The summed E-state index contributed by atoms with van der Waals surface area (Å²) < 4.78 is 10.5. The number of Topliss-reactive ketones (excluding diaryl/α,β-unsaturated/α-hetero) is 1. The van der Waals surface area contributed by atoms with Crippen molar-refractivity contribution in [3.8, 4) is 0 Å². The SMILES string of the molecule is CC(OC(=O)[C@H](C)N(C)C)OC(=O)N(C)[C@]1(c2ccccc2Cl)CCCCC1=O. The molecular formula is C21H29ClN2O5. The summed E-state index contributed by atoms with van der Waals surface area (Å²) in [5.41, 5.74) is -0.620. The molecule has 1 aliphatic carbocycles. The molecule has 7 nitrogen and oxygen atoms in total. The van der Waals surface area contributed by atoms with E-state index in [9.17, 15) is 14.4 Å². The Balaban J connectivity index is 2.22. The quantitative estimate of drug-likeness (QED) is 0.513. The second kappa shape index (κ2) is 9.59. The van der Waals surface area contributed by atoms with Crippen LogP contribution in [0.4, 0.5) is 4.79 Å². The lowest BCUT2D eigenvalue weighted by Gasteiger charge is -2.43. The highest BCUT2D eigenvalue weighted by atomic mass is 35.5. The van der Waals surface area contributed by atoms with Crippen molar-refractivity contribution in [1.82, 2.24) is 9.80 Å². The molecule has 160 valence electrons. The van der Waals surface area contributed by atoms with Crippen molar-refractivity contribution in [2.45, 2.75) is 57.4 Å². The molecule has 1 saturated carbocycles. The second-order valence-corrected chi connectivity index (χ2v) is 7.96. The van der Waals surface area contributed by atoms with Crippen LogP contribution in [0.25, 0.3) is 0 Å². The maximum atomic E-state index is 13.0. The summed E-state index contributed by atoms with van der Waals surface area (Å²) >= 11 is 6.40. The van der Waals surface area contributed by atoms with Crippen LogP contribution >= 0.6 is 11.6 Å². The molecule has 1 aromatic rings. The first kappa shape index (κ1) is 23.2. The number of amides is 1. The highest BCUT2D eigenvalue weighted by Crippen LogP contribution is 2.42. The number of hydrogen-bond acceptors (Lipinski definition) is 6. The largest absolute Gasteiger partial charge is 0.424 e. The maximum Gasteiger partial charge on any atom is 0.413 e. The van der Waals surface area contributed by atoms with Crippen LogP contribution < -0.4 is 0 Å². The van der Waals surface area contributed by atoms with Crippen LogP contribution in [-0.2, 0) is 24.6 Å². The normalized spacial score (nSPS) is 21.4. The molecule has 3 atom stereocenters. The monoisotopic (exact) mass is 424 g/mol. The Kier molecular flexibility index (Phi) is 7.66. The number of halogens is 1. The first-order chi connectivity index (χ1) is 13.6. The lowest BCUT2D eigenvalue weighted by Crippen LogP contribution is -2.55. The number of nitrogens with zero attached hydrogens (tertiary/aromatic N) is 2. The van der Waals surface area contributed by atoms with E-state index < -0.39 is 29.9 Å². The Morgan fingerprint density at radius 1 is 1.10 bits per heavy atom. The van der Waals surface area contributed by atoms with Gasteiger partial charge in [0.05, 0.1) is 0 Å². The molecule has 0 saturated heterocycles. The van der Waals surface area contributed by atoms with E-state index in [1.807, 2.05) is 0 Å². The topological polar surface area (TPSA) is 76.2 Å². The van der Waals surface area contributed by atoms with Crippen LogP contribution in [0.15, 0.2) is 24.3 Å². The van der Waals surface area contributed by atoms with E-state index >= 15 is 0 Å². The minimum Gasteiger partial charge on any atom is -0.424 e. The smallest absolute Gasteiger partial charge is 0.413 e. The van der Waals surface area contributed by atoms with Crippen LogP contribution in [0.5, 0.6) is 0 Å². The van der Waals surface area contributed by atoms with E-state index in [1.54, 1.807) is 50.2 Å². The molecule has 1 fully saturated rings. The number of carbonyl (C=O) groups is 3. The summed E-state index contributed by atoms with van der Waals surface area (Å²) in [7, 11) is 5.02. The molecule has 0 N–H and O–H groups in total. The predicted octanol–water partition coefficient (Wildman–Crippen LogP) is 3.59. The first-order valence-electron chi connectivity index (χ1n) is 9.71. The zero-order valence-electron chi connectivity index (χ0n) is 17.6. The lowest BCUT2D eigenvalue weighted by molar-refractivity contribution is -0.172. The third-order valence-corrected chi connectivity index (χ3v) is 5.81. The van der Waals surface area contributed by atoms with Gasteiger partial charge in [0.25, 0.3) is 0 Å². The minimum atomic E-state index is -1.20. The van der Waals surface area contributed by atoms with Crippen LogP contribution in [0, 0.1) is 0 Å². The molecular weight excluding hydrogens is 396 g/mol. The summed E-state index contributed by atoms with van der Waals surface area (Å²) in [6.45, 7) is 3.16. The second-order valence-electron chi connectivity index (χ2n) is 7.56. The van der Waals surface area contributed by atoms with Gasteiger partial charge in [0.2, 0.25) is 6.29 Å². The third kappa shape index (κ3) is 4.90. The summed E-state index contributed by atoms with van der Waals surface area (Å²) in [6.07, 6.45) is 0.504. The van der Waals surface area contributed by atoms with Gasteiger partial charge in [-0.05, 0) is 46.3 Å². The maximum absolute atomic E-state index is 13.0. The Hall–Kier alpha value is -2.12. The van der Waals surface area contributed by atoms with E-state index in [0.717, 1.165) is 12.8 Å². The van der Waals surface area contributed by atoms with Gasteiger partial charge in [-0.3, -0.25) is 19.4 Å². The van der Waals surface area contributed by atoms with E-state index in [-0.39, 0.29) is 5.78 Å². The van der Waals surface area contributed by atoms with Crippen molar-refractivity contribution in [2.24, 2.45) is 0 Å². The zero-order chi connectivity index (χ0) is 21.8. The summed E-state index contributed by atoms with van der Waals surface area (Å²) in [5.74, 6) is -0.588. The van der Waals surface area contributed by atoms with Gasteiger partial charge in [0.15, 0.2) is 5.78 Å². The number of hydrogen-bond donors (Lipinski definition) is 0. The van der Waals surface area contributed by atoms with Gasteiger partial charge in [-0.25, -0.2) is 4.79 Å². The zero-order valence-corrected chi connectivity index (χ0v) is 18.4. The molecule has 2 rings (SSSR count). The van der Waals surface area contributed by atoms with E-state index in [4.69, 9.17) is 21.1 Å². The highest BCUT2D eigenvalue weighted by molar-refractivity contribution is 6.31. The van der Waals surface area contributed by atoms with Crippen molar-refractivity contribution in [3.05, 3.63) is 34.9 Å². The van der Waals surface area contributed by atoms with Crippen molar-refractivity contribution in [2.75, 3.05) is 21.1 Å². The molecule has 8 heteroatoms. The molecule has 0 radical (unpaired) electrons. The van der Waals surface area contributed by atoms with Gasteiger partial charge in [-0.1, -0.05) is 29.8 Å². The number of ether oxygens (including phenoxy) is 2. The summed E-state index contributed by atoms with van der Waals surface area (Å²) in [5, 5.41) is 0.418. The molecule has 1 aliphatic rings. The van der Waals surface area contributed by atoms with Crippen molar-refractivity contribution < 1.29 is 23.9 Å². The number of carbonyl (C=O) groups excluding carboxylic acids is 3. The molecule has 1 unspecified atom stereocenters. The van der Waals surface area contributed by atoms with Gasteiger partial charge >= 0.3 is 12.1 Å². The van der Waals surface area contributed by atoms with Crippen molar-refractivity contribution in [1.29, 1.82) is 0 Å². The fourth-order valence-corrected chi connectivity index (χ4v) is 3.80. The standard InChI is InChI=1S/C21H29ClN2O5/c1-14(23(3)4)19(26)28-15(2)29-20(27)24(5)21(13-9-8-12-18(21)25)16-10-6-7-11-17(16)22/h6-7,10-11,14-15H,8-9,12-13H2,1-5H3/t14-,15?,21-/m0/s1. The van der Waals surface area contributed by atoms with Crippen LogP contribution in [-0.4, -0.2) is 61.1 Å². The molecule has 0 heterocycles. The van der Waals surface area contributed by atoms with Crippen LogP contribution in [0.2, 0.25) is 5.02 Å². The summed E-state index contributed by atoms with van der Waals surface area (Å²) in [6, 6.07) is 6.54. The van der Waals surface area contributed by atoms with Crippen molar-refractivity contribution in [3.63, 3.8) is 0 Å². The average molecular weight is 425 g/mol. The van der Waals surface area contributed by atoms with Crippen molar-refractivity contribution >= 4 is 29.4 Å². The molecule has 0 spiro atoms. The molecule has 1 aromatic carbocycles. The number of rotatable bonds is 6. The Morgan fingerprint density at radius 3 is 2.34 bits per heavy atom. The minimum absolute atomic E-state index is 0.0813. The fraction of sp³-hybridized carbons (Fsp3) is 0.571. The lowest BCUT2D eigenvalue weighted by atomic mass is 9.74. The number of benzene rings is 1. The van der Waals surface area contributed by atoms with Gasteiger partial charge in [-0.2, -0.15) is 0 Å². The molecule has 1 amide bonds. The number of likely N-dealkylation sites (N-methyl/N-ethyl adjacent to an activating group) is 2. The van der Waals surface area contributed by atoms with Gasteiger partial charge in [0.1, 0.15) is 11.6 Å². The molecule has 0 aromatic heterocycles. The van der Waals surface area contributed by atoms with Gasteiger partial charge in [0, 0.05) is 31.0 Å². The highest BCUT2D eigenvalue weighted by Gasteiger charge is 2.48. The molecule has 0 bridgehead atoms. The number of esters is 1.